The first kappa shape index (κ1) is 18.9. The number of para-hydroxylation sites is 1. The third-order valence-corrected chi connectivity index (χ3v) is 4.28. The van der Waals surface area contributed by atoms with Crippen LogP contribution in [-0.2, 0) is 16.1 Å². The zero-order valence-electron chi connectivity index (χ0n) is 15.6. The molecule has 0 bridgehead atoms. The Kier molecular flexibility index (Phi) is 6.81. The molecule has 0 radical (unpaired) electrons. The molecule has 2 rings (SSSR count). The predicted octanol–water partition coefficient (Wildman–Crippen LogP) is 3.92. The van der Waals surface area contributed by atoms with E-state index < -0.39 is 0 Å². The van der Waals surface area contributed by atoms with Crippen molar-refractivity contribution in [1.82, 2.24) is 4.90 Å². The second-order valence-electron chi connectivity index (χ2n) is 8.17. The van der Waals surface area contributed by atoms with Crippen LogP contribution in [0.5, 0.6) is 0 Å². The third-order valence-electron chi connectivity index (χ3n) is 4.28. The van der Waals surface area contributed by atoms with Crippen LogP contribution < -0.4 is 5.32 Å². The number of rotatable bonds is 6. The molecule has 0 aromatic heterocycles. The summed E-state index contributed by atoms with van der Waals surface area (Å²) >= 11 is 0. The lowest BCUT2D eigenvalue weighted by Gasteiger charge is -2.27. The monoisotopic (exact) mass is 332 g/mol. The zero-order valence-corrected chi connectivity index (χ0v) is 15.6. The van der Waals surface area contributed by atoms with Crippen LogP contribution in [0.4, 0.5) is 5.69 Å². The van der Waals surface area contributed by atoms with Crippen LogP contribution >= 0.6 is 0 Å². The Morgan fingerprint density at radius 3 is 2.58 bits per heavy atom. The van der Waals surface area contributed by atoms with E-state index in [1.54, 1.807) is 0 Å². The molecule has 1 unspecified atom stereocenters. The first-order chi connectivity index (χ1) is 11.3. The van der Waals surface area contributed by atoms with Crippen molar-refractivity contribution in [3.63, 3.8) is 0 Å². The fourth-order valence-electron chi connectivity index (χ4n) is 3.42. The summed E-state index contributed by atoms with van der Waals surface area (Å²) in [5, 5.41) is 3.12. The number of hydrogen-bond acceptors (Lipinski definition) is 3. The topological polar surface area (TPSA) is 41.6 Å². The molecule has 1 aliphatic rings. The zero-order chi connectivity index (χ0) is 17.6. The van der Waals surface area contributed by atoms with E-state index in [1.165, 1.54) is 5.56 Å². The molecule has 1 heterocycles. The minimum atomic E-state index is 0.112. The van der Waals surface area contributed by atoms with Crippen LogP contribution in [0.3, 0.4) is 0 Å². The van der Waals surface area contributed by atoms with Gasteiger partial charge in [-0.2, -0.15) is 0 Å². The quantitative estimate of drug-likeness (QED) is 0.858. The van der Waals surface area contributed by atoms with Crippen molar-refractivity contribution in [3.05, 3.63) is 29.8 Å². The summed E-state index contributed by atoms with van der Waals surface area (Å²) in [7, 11) is 0. The number of anilines is 1. The Bertz CT molecular complexity index is 531. The van der Waals surface area contributed by atoms with Gasteiger partial charge in [-0.15, -0.1) is 0 Å². The van der Waals surface area contributed by atoms with Crippen molar-refractivity contribution in [2.45, 2.75) is 47.1 Å². The minimum Gasteiger partial charge on any atom is -0.379 e. The number of nitrogens with zero attached hydrogens (tertiary/aromatic N) is 1. The van der Waals surface area contributed by atoms with E-state index in [-0.39, 0.29) is 11.3 Å². The molecule has 1 atom stereocenters. The van der Waals surface area contributed by atoms with Crippen LogP contribution in [-0.4, -0.2) is 37.1 Å². The summed E-state index contributed by atoms with van der Waals surface area (Å²) in [6.45, 7) is 13.2. The largest absolute Gasteiger partial charge is 0.379 e. The number of morpholine rings is 1. The average molecular weight is 332 g/mol. The second kappa shape index (κ2) is 8.63. The summed E-state index contributed by atoms with van der Waals surface area (Å²) in [4.78, 5) is 14.8. The molecule has 1 aromatic rings. The van der Waals surface area contributed by atoms with Gasteiger partial charge in [0.15, 0.2) is 0 Å². The normalized spacial score (nSPS) is 17.5. The molecule has 4 heteroatoms. The maximum atomic E-state index is 12.4. The highest BCUT2D eigenvalue weighted by Gasteiger charge is 2.19. The molecule has 1 aromatic carbocycles. The highest BCUT2D eigenvalue weighted by molar-refractivity contribution is 5.91. The molecule has 24 heavy (non-hydrogen) atoms. The molecule has 1 aliphatic heterocycles. The summed E-state index contributed by atoms with van der Waals surface area (Å²) < 4.78 is 5.40. The molecule has 1 saturated heterocycles. The maximum Gasteiger partial charge on any atom is 0.224 e. The lowest BCUT2D eigenvalue weighted by Crippen LogP contribution is -2.35. The highest BCUT2D eigenvalue weighted by atomic mass is 16.5. The van der Waals surface area contributed by atoms with E-state index in [1.807, 2.05) is 18.2 Å². The number of amides is 1. The van der Waals surface area contributed by atoms with Gasteiger partial charge in [-0.1, -0.05) is 45.9 Å². The van der Waals surface area contributed by atoms with E-state index in [0.717, 1.165) is 45.0 Å². The van der Waals surface area contributed by atoms with Crippen LogP contribution in [0.15, 0.2) is 24.3 Å². The van der Waals surface area contributed by atoms with E-state index >= 15 is 0 Å². The lowest BCUT2D eigenvalue weighted by atomic mass is 9.84. The number of ether oxygens (including phenoxy) is 1. The van der Waals surface area contributed by atoms with Gasteiger partial charge in [0.05, 0.1) is 13.2 Å². The van der Waals surface area contributed by atoms with Crippen molar-refractivity contribution in [2.75, 3.05) is 31.6 Å². The Hall–Kier alpha value is -1.39. The van der Waals surface area contributed by atoms with Gasteiger partial charge in [-0.05, 0) is 29.4 Å². The van der Waals surface area contributed by atoms with Gasteiger partial charge < -0.3 is 10.1 Å². The molecule has 1 fully saturated rings. The van der Waals surface area contributed by atoms with Gasteiger partial charge in [0.2, 0.25) is 5.91 Å². The van der Waals surface area contributed by atoms with Gasteiger partial charge >= 0.3 is 0 Å². The van der Waals surface area contributed by atoms with Crippen LogP contribution in [0.2, 0.25) is 0 Å². The van der Waals surface area contributed by atoms with Crippen LogP contribution in [0.25, 0.3) is 0 Å². The standard InChI is InChI=1S/C20H32N2O2/c1-16(14-20(2,3)4)13-19(23)21-18-8-6-5-7-17(18)15-22-9-11-24-12-10-22/h5-8,16H,9-15H2,1-4H3,(H,21,23). The van der Waals surface area contributed by atoms with E-state index in [2.05, 4.69) is 44.0 Å². The van der Waals surface area contributed by atoms with E-state index in [0.29, 0.717) is 12.3 Å². The lowest BCUT2D eigenvalue weighted by molar-refractivity contribution is -0.117. The third kappa shape index (κ3) is 6.62. The fourth-order valence-corrected chi connectivity index (χ4v) is 3.42. The summed E-state index contributed by atoms with van der Waals surface area (Å²) in [5.41, 5.74) is 2.38. The molecular formula is C20H32N2O2. The van der Waals surface area contributed by atoms with Gasteiger partial charge in [0.1, 0.15) is 0 Å². The molecule has 0 spiro atoms. The number of hydrogen-bond donors (Lipinski definition) is 1. The summed E-state index contributed by atoms with van der Waals surface area (Å²) in [6.07, 6.45) is 1.62. The summed E-state index contributed by atoms with van der Waals surface area (Å²) in [5.74, 6) is 0.498. The summed E-state index contributed by atoms with van der Waals surface area (Å²) in [6, 6.07) is 8.12. The molecule has 1 amide bonds. The number of benzene rings is 1. The van der Waals surface area contributed by atoms with E-state index in [9.17, 15) is 4.79 Å². The fraction of sp³-hybridized carbons (Fsp3) is 0.650. The van der Waals surface area contributed by atoms with Crippen molar-refractivity contribution in [1.29, 1.82) is 0 Å². The number of nitrogens with one attached hydrogen (secondary N) is 1. The molecule has 1 N–H and O–H groups in total. The Morgan fingerprint density at radius 2 is 1.92 bits per heavy atom. The van der Waals surface area contributed by atoms with Crippen molar-refractivity contribution >= 4 is 11.6 Å². The van der Waals surface area contributed by atoms with Gasteiger partial charge in [0, 0.05) is 31.7 Å². The van der Waals surface area contributed by atoms with Crippen molar-refractivity contribution in [3.8, 4) is 0 Å². The molecular weight excluding hydrogens is 300 g/mol. The van der Waals surface area contributed by atoms with Crippen molar-refractivity contribution < 1.29 is 9.53 Å². The second-order valence-corrected chi connectivity index (χ2v) is 8.17. The first-order valence-corrected chi connectivity index (χ1v) is 9.01. The molecule has 4 nitrogen and oxygen atoms in total. The Labute approximate surface area is 146 Å². The Balaban J connectivity index is 1.92. The predicted molar refractivity (Wildman–Crippen MR) is 99.0 cm³/mol. The smallest absolute Gasteiger partial charge is 0.224 e. The molecule has 0 aliphatic carbocycles. The number of carbonyl (C=O) groups is 1. The average Bonchev–Trinajstić information content (AvgIpc) is 2.48. The van der Waals surface area contributed by atoms with Crippen LogP contribution in [0.1, 0.15) is 46.1 Å². The molecule has 0 saturated carbocycles. The maximum absolute atomic E-state index is 12.4. The molecule has 134 valence electrons. The first-order valence-electron chi connectivity index (χ1n) is 9.01. The van der Waals surface area contributed by atoms with Crippen molar-refractivity contribution in [2.24, 2.45) is 11.3 Å². The van der Waals surface area contributed by atoms with Gasteiger partial charge in [-0.3, -0.25) is 9.69 Å². The number of carbonyl (C=O) groups excluding carboxylic acids is 1. The minimum absolute atomic E-state index is 0.112. The SMILES string of the molecule is CC(CC(=O)Nc1ccccc1CN1CCOCC1)CC(C)(C)C. The highest BCUT2D eigenvalue weighted by Crippen LogP contribution is 2.26. The van der Waals surface area contributed by atoms with Gasteiger partial charge in [-0.25, -0.2) is 0 Å². The van der Waals surface area contributed by atoms with E-state index in [4.69, 9.17) is 4.74 Å². The Morgan fingerprint density at radius 1 is 1.25 bits per heavy atom. The van der Waals surface area contributed by atoms with Crippen LogP contribution in [0, 0.1) is 11.3 Å². The van der Waals surface area contributed by atoms with Gasteiger partial charge in [0.25, 0.3) is 0 Å².